The summed E-state index contributed by atoms with van der Waals surface area (Å²) >= 11 is 0. The Morgan fingerprint density at radius 2 is 2.07 bits per heavy atom. The van der Waals surface area contributed by atoms with Crippen molar-refractivity contribution in [3.8, 4) is 0 Å². The molecule has 29 heavy (non-hydrogen) atoms. The smallest absolute Gasteiger partial charge is 0.222 e. The van der Waals surface area contributed by atoms with Crippen LogP contribution in [0, 0.1) is 6.92 Å². The molecule has 1 N–H and O–H groups in total. The zero-order valence-corrected chi connectivity index (χ0v) is 17.3. The van der Waals surface area contributed by atoms with Crippen molar-refractivity contribution in [2.45, 2.75) is 44.4 Å². The van der Waals surface area contributed by atoms with Gasteiger partial charge >= 0.3 is 0 Å². The van der Waals surface area contributed by atoms with Gasteiger partial charge in [-0.25, -0.2) is 23.4 Å². The molecule has 2 aromatic rings. The third-order valence-electron chi connectivity index (χ3n) is 6.09. The number of anilines is 3. The highest BCUT2D eigenvalue weighted by Crippen LogP contribution is 2.58. The number of nitrogens with one attached hydrogen (secondary N) is 1. The first-order valence-electron chi connectivity index (χ1n) is 9.86. The van der Waals surface area contributed by atoms with E-state index in [-0.39, 0.29) is 28.7 Å². The summed E-state index contributed by atoms with van der Waals surface area (Å²) in [6, 6.07) is 3.84. The van der Waals surface area contributed by atoms with Crippen molar-refractivity contribution in [1.82, 2.24) is 15.0 Å². The Balaban J connectivity index is 1.55. The monoisotopic (exact) mass is 413 g/mol. The zero-order chi connectivity index (χ0) is 20.4. The van der Waals surface area contributed by atoms with Gasteiger partial charge in [0.1, 0.15) is 17.5 Å². The van der Waals surface area contributed by atoms with Gasteiger partial charge in [0.15, 0.2) is 9.84 Å². The SMILES string of the molecule is CC(=O)Nc1cc2c(cn1)C1(CC1)CN2c1cc(C)nc(C2CCS(=O)(=O)C2)n1. The molecule has 4 heterocycles. The standard InChI is InChI=1S/C20H23N5O3S/c1-12-7-18(24-19(22-12)14-3-6-29(27,28)10-14)25-11-20(4-5-20)15-9-21-17(8-16(15)25)23-13(2)26/h7-9,14H,3-6,10-11H2,1-2H3,(H,21,23,26). The predicted octanol–water partition coefficient (Wildman–Crippen LogP) is 2.22. The molecular weight excluding hydrogens is 390 g/mol. The van der Waals surface area contributed by atoms with Crippen molar-refractivity contribution < 1.29 is 13.2 Å². The normalized spacial score (nSPS) is 23.2. The van der Waals surface area contributed by atoms with Crippen molar-refractivity contribution >= 4 is 33.1 Å². The topological polar surface area (TPSA) is 105 Å². The van der Waals surface area contributed by atoms with Crippen molar-refractivity contribution in [3.63, 3.8) is 0 Å². The molecular formula is C20H23N5O3S. The molecule has 152 valence electrons. The summed E-state index contributed by atoms with van der Waals surface area (Å²) < 4.78 is 23.8. The highest BCUT2D eigenvalue weighted by molar-refractivity contribution is 7.91. The number of hydrogen-bond acceptors (Lipinski definition) is 7. The minimum Gasteiger partial charge on any atom is -0.325 e. The highest BCUT2D eigenvalue weighted by Gasteiger charge is 2.52. The van der Waals surface area contributed by atoms with Crippen LogP contribution in [0.4, 0.5) is 17.3 Å². The number of fused-ring (bicyclic) bond motifs is 2. The highest BCUT2D eigenvalue weighted by atomic mass is 32.2. The number of aryl methyl sites for hydroxylation is 1. The van der Waals surface area contributed by atoms with Gasteiger partial charge in [-0.2, -0.15) is 0 Å². The summed E-state index contributed by atoms with van der Waals surface area (Å²) in [7, 11) is -3.00. The maximum absolute atomic E-state index is 11.9. The third kappa shape index (κ3) is 3.27. The fourth-order valence-corrected chi connectivity index (χ4v) is 6.21. The fraction of sp³-hybridized carbons (Fsp3) is 0.500. The second-order valence-electron chi connectivity index (χ2n) is 8.46. The second-order valence-corrected chi connectivity index (χ2v) is 10.7. The average Bonchev–Trinajstić information content (AvgIpc) is 3.22. The molecule has 2 fully saturated rings. The second kappa shape index (κ2) is 6.22. The van der Waals surface area contributed by atoms with E-state index >= 15 is 0 Å². The van der Waals surface area contributed by atoms with Crippen molar-refractivity contribution in [2.24, 2.45) is 0 Å². The van der Waals surface area contributed by atoms with Gasteiger partial charge in [-0.1, -0.05) is 0 Å². The molecule has 3 aliphatic rings. The van der Waals surface area contributed by atoms with Gasteiger partial charge in [0.05, 0.1) is 17.2 Å². The number of carbonyl (C=O) groups is 1. The number of rotatable bonds is 3. The van der Waals surface area contributed by atoms with Gasteiger partial charge in [0.25, 0.3) is 0 Å². The van der Waals surface area contributed by atoms with Crippen LogP contribution in [0.3, 0.4) is 0 Å². The average molecular weight is 414 g/mol. The van der Waals surface area contributed by atoms with E-state index in [1.807, 2.05) is 25.3 Å². The number of carbonyl (C=O) groups excluding carboxylic acids is 1. The third-order valence-corrected chi connectivity index (χ3v) is 7.86. The van der Waals surface area contributed by atoms with Crippen LogP contribution in [0.25, 0.3) is 0 Å². The Labute approximate surface area is 169 Å². The van der Waals surface area contributed by atoms with Gasteiger partial charge in [-0.15, -0.1) is 0 Å². The molecule has 1 amide bonds. The fourth-order valence-electron chi connectivity index (χ4n) is 4.48. The maximum Gasteiger partial charge on any atom is 0.222 e. The van der Waals surface area contributed by atoms with Crippen LogP contribution in [0.2, 0.25) is 0 Å². The van der Waals surface area contributed by atoms with Gasteiger partial charge in [0.2, 0.25) is 5.91 Å². The van der Waals surface area contributed by atoms with Crippen LogP contribution < -0.4 is 10.2 Å². The van der Waals surface area contributed by atoms with Crippen LogP contribution in [0.5, 0.6) is 0 Å². The summed E-state index contributed by atoms with van der Waals surface area (Å²) in [5.74, 6) is 1.91. The summed E-state index contributed by atoms with van der Waals surface area (Å²) in [5.41, 5.74) is 3.12. The molecule has 1 aliphatic carbocycles. The Kier molecular flexibility index (Phi) is 3.96. The molecule has 1 atom stereocenters. The number of nitrogens with zero attached hydrogens (tertiary/aromatic N) is 4. The minimum absolute atomic E-state index is 0.104. The van der Waals surface area contributed by atoms with E-state index in [0.717, 1.165) is 36.6 Å². The van der Waals surface area contributed by atoms with Gasteiger partial charge < -0.3 is 10.2 Å². The molecule has 9 heteroatoms. The van der Waals surface area contributed by atoms with Crippen LogP contribution in [0.15, 0.2) is 18.3 Å². The number of aromatic nitrogens is 3. The minimum atomic E-state index is -3.00. The molecule has 8 nitrogen and oxygen atoms in total. The van der Waals surface area contributed by atoms with Crippen LogP contribution >= 0.6 is 0 Å². The number of pyridine rings is 1. The van der Waals surface area contributed by atoms with Crippen LogP contribution in [-0.4, -0.2) is 47.3 Å². The van der Waals surface area contributed by atoms with E-state index in [9.17, 15) is 13.2 Å². The van der Waals surface area contributed by atoms with Crippen molar-refractivity contribution in [2.75, 3.05) is 28.3 Å². The first-order chi connectivity index (χ1) is 13.7. The largest absolute Gasteiger partial charge is 0.325 e. The molecule has 0 bridgehead atoms. The quantitative estimate of drug-likeness (QED) is 0.822. The summed E-state index contributed by atoms with van der Waals surface area (Å²) in [5, 5.41) is 2.75. The van der Waals surface area contributed by atoms with E-state index in [0.29, 0.717) is 18.1 Å². The molecule has 0 aromatic carbocycles. The van der Waals surface area contributed by atoms with Crippen LogP contribution in [-0.2, 0) is 20.0 Å². The van der Waals surface area contributed by atoms with E-state index in [2.05, 4.69) is 20.2 Å². The summed E-state index contributed by atoms with van der Waals surface area (Å²) in [4.78, 5) is 27.4. The molecule has 2 aliphatic heterocycles. The van der Waals surface area contributed by atoms with Crippen molar-refractivity contribution in [3.05, 3.63) is 35.4 Å². The lowest BCUT2D eigenvalue weighted by molar-refractivity contribution is -0.114. The summed E-state index contributed by atoms with van der Waals surface area (Å²) in [6.07, 6.45) is 4.65. The lowest BCUT2D eigenvalue weighted by atomic mass is 10.0. The number of amides is 1. The molecule has 2 aromatic heterocycles. The maximum atomic E-state index is 11.9. The first kappa shape index (κ1) is 18.5. The number of sulfone groups is 1. The summed E-state index contributed by atoms with van der Waals surface area (Å²) in [6.45, 7) is 4.19. The molecule has 1 saturated carbocycles. The van der Waals surface area contributed by atoms with E-state index in [4.69, 9.17) is 4.98 Å². The molecule has 0 radical (unpaired) electrons. The number of hydrogen-bond donors (Lipinski definition) is 1. The van der Waals surface area contributed by atoms with Gasteiger partial charge in [-0.05, 0) is 26.2 Å². The molecule has 1 spiro atoms. The zero-order valence-electron chi connectivity index (χ0n) is 16.5. The molecule has 1 unspecified atom stereocenters. The van der Waals surface area contributed by atoms with Crippen LogP contribution in [0.1, 0.15) is 49.2 Å². The Hall–Kier alpha value is -2.55. The lowest BCUT2D eigenvalue weighted by Gasteiger charge is -2.21. The predicted molar refractivity (Wildman–Crippen MR) is 109 cm³/mol. The Morgan fingerprint density at radius 3 is 2.72 bits per heavy atom. The van der Waals surface area contributed by atoms with E-state index in [1.165, 1.54) is 12.5 Å². The van der Waals surface area contributed by atoms with Crippen molar-refractivity contribution in [1.29, 1.82) is 0 Å². The molecule has 1 saturated heterocycles. The Morgan fingerprint density at radius 1 is 1.28 bits per heavy atom. The molecule has 5 rings (SSSR count). The van der Waals surface area contributed by atoms with E-state index < -0.39 is 9.84 Å². The first-order valence-corrected chi connectivity index (χ1v) is 11.7. The lowest BCUT2D eigenvalue weighted by Crippen LogP contribution is -2.21. The Bertz CT molecular complexity index is 1130. The van der Waals surface area contributed by atoms with Gasteiger partial charge in [0, 0.05) is 54.4 Å². The van der Waals surface area contributed by atoms with Gasteiger partial charge in [-0.3, -0.25) is 4.79 Å². The van der Waals surface area contributed by atoms with E-state index in [1.54, 1.807) is 0 Å².